The predicted octanol–water partition coefficient (Wildman–Crippen LogP) is 0.696. The number of aromatic nitrogens is 2. The van der Waals surface area contributed by atoms with Crippen LogP contribution in [0.3, 0.4) is 0 Å². The van der Waals surface area contributed by atoms with Crippen molar-refractivity contribution in [3.05, 3.63) is 36.9 Å². The molecular weight excluding hydrogens is 128 g/mol. The van der Waals surface area contributed by atoms with E-state index in [2.05, 4.69) is 16.5 Å². The van der Waals surface area contributed by atoms with Gasteiger partial charge >= 0.3 is 0 Å². The first-order valence-electron chi connectivity index (χ1n) is 2.92. The molecule has 0 aliphatic rings. The van der Waals surface area contributed by atoms with Crippen LogP contribution in [0, 0.1) is 0 Å². The summed E-state index contributed by atoms with van der Waals surface area (Å²) in [4.78, 5) is 7.63. The van der Waals surface area contributed by atoms with Crippen molar-refractivity contribution >= 4 is 0 Å². The molecule has 3 heteroatoms. The Balaban J connectivity index is 2.84. The molecule has 1 heterocycles. The first-order chi connectivity index (χ1) is 4.84. The van der Waals surface area contributed by atoms with Gasteiger partial charge in [0, 0.05) is 12.4 Å². The second kappa shape index (κ2) is 3.08. The number of nitrogens with zero attached hydrogens (tertiary/aromatic N) is 2. The van der Waals surface area contributed by atoms with Crippen molar-refractivity contribution in [2.75, 3.05) is 0 Å². The molecule has 52 valence electrons. The lowest BCUT2D eigenvalue weighted by Gasteiger charge is -1.99. The summed E-state index contributed by atoms with van der Waals surface area (Å²) in [6.07, 6.45) is 3.79. The van der Waals surface area contributed by atoms with Gasteiger partial charge in [0.1, 0.15) is 6.10 Å². The summed E-state index contributed by atoms with van der Waals surface area (Å²) in [5.41, 5.74) is 0. The van der Waals surface area contributed by atoms with Gasteiger partial charge < -0.3 is 5.11 Å². The van der Waals surface area contributed by atoms with Crippen LogP contribution in [0.1, 0.15) is 11.9 Å². The topological polar surface area (TPSA) is 46.0 Å². The zero-order chi connectivity index (χ0) is 7.40. The maximum Gasteiger partial charge on any atom is 0.160 e. The van der Waals surface area contributed by atoms with Crippen LogP contribution in [0.2, 0.25) is 0 Å². The number of aliphatic hydroxyl groups is 1. The molecule has 10 heavy (non-hydrogen) atoms. The quantitative estimate of drug-likeness (QED) is 0.608. The molecule has 1 rings (SSSR count). The average Bonchev–Trinajstić information content (AvgIpc) is 2.05. The third-order valence-electron chi connectivity index (χ3n) is 1.07. The van der Waals surface area contributed by atoms with Crippen molar-refractivity contribution in [3.63, 3.8) is 0 Å². The number of rotatable bonds is 2. The van der Waals surface area contributed by atoms with Crippen molar-refractivity contribution in [1.82, 2.24) is 9.97 Å². The molecule has 1 aromatic rings. The minimum atomic E-state index is -0.749. The third-order valence-corrected chi connectivity index (χ3v) is 1.07. The molecule has 0 saturated carbocycles. The fourth-order valence-electron chi connectivity index (χ4n) is 0.569. The second-order valence-corrected chi connectivity index (χ2v) is 1.79. The van der Waals surface area contributed by atoms with E-state index in [9.17, 15) is 0 Å². The smallest absolute Gasteiger partial charge is 0.160 e. The standard InChI is InChI=1S/C7H8N2O/c1-2-6(10)7-8-4-3-5-9-7/h2-6,10H,1H2. The molecule has 1 atom stereocenters. The van der Waals surface area contributed by atoms with Crippen LogP contribution in [0.15, 0.2) is 31.1 Å². The van der Waals surface area contributed by atoms with Crippen molar-refractivity contribution < 1.29 is 5.11 Å². The second-order valence-electron chi connectivity index (χ2n) is 1.79. The van der Waals surface area contributed by atoms with E-state index in [0.717, 1.165) is 0 Å². The Bertz CT molecular complexity index is 210. The summed E-state index contributed by atoms with van der Waals surface area (Å²) >= 11 is 0. The highest BCUT2D eigenvalue weighted by Gasteiger charge is 2.02. The maximum atomic E-state index is 9.09. The molecule has 0 aromatic carbocycles. The van der Waals surface area contributed by atoms with Gasteiger partial charge in [0.25, 0.3) is 0 Å². The van der Waals surface area contributed by atoms with Crippen molar-refractivity contribution in [2.45, 2.75) is 6.10 Å². The molecular formula is C7H8N2O. The van der Waals surface area contributed by atoms with Gasteiger partial charge in [-0.3, -0.25) is 0 Å². The van der Waals surface area contributed by atoms with E-state index >= 15 is 0 Å². The van der Waals surface area contributed by atoms with Gasteiger partial charge in [-0.15, -0.1) is 6.58 Å². The maximum absolute atomic E-state index is 9.09. The van der Waals surface area contributed by atoms with Crippen LogP contribution in [0.5, 0.6) is 0 Å². The first kappa shape index (κ1) is 6.89. The highest BCUT2D eigenvalue weighted by atomic mass is 16.3. The summed E-state index contributed by atoms with van der Waals surface area (Å²) in [6.45, 7) is 3.41. The minimum Gasteiger partial charge on any atom is -0.381 e. The van der Waals surface area contributed by atoms with Crippen molar-refractivity contribution in [3.8, 4) is 0 Å². The van der Waals surface area contributed by atoms with Crippen molar-refractivity contribution in [2.24, 2.45) is 0 Å². The van der Waals surface area contributed by atoms with Gasteiger partial charge in [0.05, 0.1) is 0 Å². The Labute approximate surface area is 59.1 Å². The third kappa shape index (κ3) is 1.39. The predicted molar refractivity (Wildman–Crippen MR) is 37.2 cm³/mol. The number of aliphatic hydroxyl groups excluding tert-OH is 1. The van der Waals surface area contributed by atoms with Crippen LogP contribution in [0.25, 0.3) is 0 Å². The lowest BCUT2D eigenvalue weighted by atomic mass is 10.3. The molecule has 0 spiro atoms. The zero-order valence-electron chi connectivity index (χ0n) is 5.44. The molecule has 1 unspecified atom stereocenters. The molecule has 1 N–H and O–H groups in total. The molecule has 3 nitrogen and oxygen atoms in total. The van der Waals surface area contributed by atoms with Crippen LogP contribution in [-0.4, -0.2) is 15.1 Å². The summed E-state index contributed by atoms with van der Waals surface area (Å²) in [5, 5.41) is 9.09. The number of hydrogen-bond acceptors (Lipinski definition) is 3. The monoisotopic (exact) mass is 136 g/mol. The largest absolute Gasteiger partial charge is 0.381 e. The average molecular weight is 136 g/mol. The van der Waals surface area contributed by atoms with E-state index in [1.165, 1.54) is 6.08 Å². The van der Waals surface area contributed by atoms with Gasteiger partial charge in [-0.1, -0.05) is 6.08 Å². The zero-order valence-corrected chi connectivity index (χ0v) is 5.44. The lowest BCUT2D eigenvalue weighted by molar-refractivity contribution is 0.218. The Kier molecular flexibility index (Phi) is 2.12. The molecule has 0 saturated heterocycles. The van der Waals surface area contributed by atoms with E-state index in [-0.39, 0.29) is 0 Å². The van der Waals surface area contributed by atoms with Crippen LogP contribution in [0.4, 0.5) is 0 Å². The first-order valence-corrected chi connectivity index (χ1v) is 2.92. The van der Waals surface area contributed by atoms with E-state index in [1.54, 1.807) is 18.5 Å². The molecule has 0 bridgehead atoms. The highest BCUT2D eigenvalue weighted by molar-refractivity contribution is 4.98. The molecule has 0 radical (unpaired) electrons. The van der Waals surface area contributed by atoms with Gasteiger partial charge in [-0.05, 0) is 6.07 Å². The van der Waals surface area contributed by atoms with Gasteiger partial charge in [-0.25, -0.2) is 9.97 Å². The Hall–Kier alpha value is -1.22. The number of hydrogen-bond donors (Lipinski definition) is 1. The Morgan fingerprint density at radius 1 is 1.50 bits per heavy atom. The van der Waals surface area contributed by atoms with Crippen LogP contribution in [-0.2, 0) is 0 Å². The summed E-state index contributed by atoms with van der Waals surface area (Å²) < 4.78 is 0. The van der Waals surface area contributed by atoms with E-state index in [4.69, 9.17) is 5.11 Å². The summed E-state index contributed by atoms with van der Waals surface area (Å²) in [7, 11) is 0. The summed E-state index contributed by atoms with van der Waals surface area (Å²) in [6, 6.07) is 1.69. The molecule has 0 aliphatic carbocycles. The molecule has 0 aliphatic heterocycles. The van der Waals surface area contributed by atoms with Gasteiger partial charge in [0.15, 0.2) is 5.82 Å². The van der Waals surface area contributed by atoms with E-state index < -0.39 is 6.10 Å². The Morgan fingerprint density at radius 3 is 2.60 bits per heavy atom. The molecule has 1 aromatic heterocycles. The lowest BCUT2D eigenvalue weighted by Crippen LogP contribution is -1.98. The molecule has 0 amide bonds. The summed E-state index contributed by atoms with van der Waals surface area (Å²) in [5.74, 6) is 0.387. The Morgan fingerprint density at radius 2 is 2.10 bits per heavy atom. The normalized spacial score (nSPS) is 12.5. The highest BCUT2D eigenvalue weighted by Crippen LogP contribution is 2.04. The minimum absolute atomic E-state index is 0.387. The van der Waals surface area contributed by atoms with Crippen LogP contribution >= 0.6 is 0 Å². The fraction of sp³-hybridized carbons (Fsp3) is 0.143. The molecule has 0 fully saturated rings. The van der Waals surface area contributed by atoms with E-state index in [1.807, 2.05) is 0 Å². The fourth-order valence-corrected chi connectivity index (χ4v) is 0.569. The SMILES string of the molecule is C=CC(O)c1ncccn1. The van der Waals surface area contributed by atoms with Crippen molar-refractivity contribution in [1.29, 1.82) is 0 Å². The van der Waals surface area contributed by atoms with Gasteiger partial charge in [0.2, 0.25) is 0 Å². The van der Waals surface area contributed by atoms with E-state index in [0.29, 0.717) is 5.82 Å². The van der Waals surface area contributed by atoms with Crippen LogP contribution < -0.4 is 0 Å². The van der Waals surface area contributed by atoms with Gasteiger partial charge in [-0.2, -0.15) is 0 Å².